The van der Waals surface area contributed by atoms with E-state index in [1.165, 1.54) is 0 Å². The Morgan fingerprint density at radius 3 is 1.14 bits per heavy atom. The molecule has 0 aromatic rings. The summed E-state index contributed by atoms with van der Waals surface area (Å²) in [5.41, 5.74) is 0. The Bertz CT molecular complexity index is 279. The second kappa shape index (κ2) is 8.66. The Labute approximate surface area is 89.3 Å². The van der Waals surface area contributed by atoms with Gasteiger partial charge in [0.05, 0.1) is 0 Å². The Morgan fingerprint density at radius 2 is 1.07 bits per heavy atom. The summed E-state index contributed by atoms with van der Waals surface area (Å²) < 4.78 is 31.6. The molecule has 0 aliphatic heterocycles. The number of aliphatic carboxylic acids is 2. The van der Waals surface area contributed by atoms with Crippen LogP contribution in [0.15, 0.2) is 12.2 Å². The van der Waals surface area contributed by atoms with Crippen LogP contribution >= 0.6 is 0 Å². The van der Waals surface area contributed by atoms with E-state index >= 15 is 0 Å². The minimum Gasteiger partial charge on any atom is -0.478 e. The normalized spacial score (nSPS) is 9.57. The number of carboxylic acids is 2. The summed E-state index contributed by atoms with van der Waals surface area (Å²) in [4.78, 5) is 19.1. The molecule has 0 aliphatic rings. The van der Waals surface area contributed by atoms with Crippen molar-refractivity contribution in [1.29, 1.82) is 0 Å². The van der Waals surface area contributed by atoms with Crippen molar-refractivity contribution < 1.29 is 54.4 Å². The van der Waals surface area contributed by atoms with Gasteiger partial charge in [-0.05, 0) is 0 Å². The average Bonchev–Trinajstić information content (AvgIpc) is 1.79. The van der Waals surface area contributed by atoms with Crippen LogP contribution in [0.4, 0.5) is 0 Å². The standard InChI is InChI=1S/C4H4O4.Fe.H2O4S/c5-3(6)1-2-4(7)8;;1-5(2,3)4/h1-2H,(H,5,6)(H,7,8);;(H2,1,2,3,4)/b2-1+;;. The molecular weight excluding hydrogens is 264 g/mol. The number of hydrogen-bond donors (Lipinski definition) is 4. The summed E-state index contributed by atoms with van der Waals surface area (Å²) in [6.45, 7) is 0. The van der Waals surface area contributed by atoms with E-state index in [-0.39, 0.29) is 17.1 Å². The molecule has 0 unspecified atom stereocenters. The molecule has 0 heterocycles. The molecule has 0 spiro atoms. The molecule has 0 radical (unpaired) electrons. The molecule has 0 aromatic carbocycles. The van der Waals surface area contributed by atoms with E-state index in [0.717, 1.165) is 0 Å². The van der Waals surface area contributed by atoms with Gasteiger partial charge in [-0.25, -0.2) is 9.59 Å². The molecule has 0 fully saturated rings. The molecule has 0 bridgehead atoms. The van der Waals surface area contributed by atoms with Crippen molar-refractivity contribution in [2.24, 2.45) is 0 Å². The largest absolute Gasteiger partial charge is 0.478 e. The number of hydrogen-bond acceptors (Lipinski definition) is 4. The second-order valence-corrected chi connectivity index (χ2v) is 2.35. The molecule has 0 saturated carbocycles. The molecular formula is C4H6FeO8S. The fourth-order valence-electron chi connectivity index (χ4n) is 0.143. The van der Waals surface area contributed by atoms with Crippen LogP contribution in [-0.2, 0) is 37.1 Å². The van der Waals surface area contributed by atoms with Crippen molar-refractivity contribution in [2.45, 2.75) is 0 Å². The first-order valence-corrected chi connectivity index (χ1v) is 3.86. The van der Waals surface area contributed by atoms with E-state index in [1.807, 2.05) is 0 Å². The van der Waals surface area contributed by atoms with Crippen molar-refractivity contribution in [3.8, 4) is 0 Å². The number of rotatable bonds is 2. The number of carboxylic acid groups (broad SMARTS) is 2. The molecule has 14 heavy (non-hydrogen) atoms. The molecule has 10 heteroatoms. The smallest absolute Gasteiger partial charge is 0.394 e. The molecule has 0 saturated heterocycles. The zero-order valence-corrected chi connectivity index (χ0v) is 8.26. The van der Waals surface area contributed by atoms with Gasteiger partial charge in [-0.3, -0.25) is 9.11 Å². The van der Waals surface area contributed by atoms with Crippen molar-refractivity contribution in [1.82, 2.24) is 0 Å². The van der Waals surface area contributed by atoms with Crippen LogP contribution in [0.2, 0.25) is 0 Å². The van der Waals surface area contributed by atoms with E-state index in [1.54, 1.807) is 0 Å². The van der Waals surface area contributed by atoms with Crippen LogP contribution < -0.4 is 0 Å². The molecule has 0 atom stereocenters. The first kappa shape index (κ1) is 18.8. The molecule has 0 amide bonds. The Balaban J connectivity index is -0.000000177. The predicted molar refractivity (Wildman–Crippen MR) is 38.6 cm³/mol. The van der Waals surface area contributed by atoms with E-state index < -0.39 is 22.3 Å². The monoisotopic (exact) mass is 270 g/mol. The predicted octanol–water partition coefficient (Wildman–Crippen LogP) is -0.943. The molecule has 8 nitrogen and oxygen atoms in total. The van der Waals surface area contributed by atoms with E-state index in [2.05, 4.69) is 0 Å². The van der Waals surface area contributed by atoms with Gasteiger partial charge in [-0.1, -0.05) is 0 Å². The van der Waals surface area contributed by atoms with Crippen LogP contribution in [0.25, 0.3) is 0 Å². The third-order valence-electron chi connectivity index (χ3n) is 0.368. The van der Waals surface area contributed by atoms with Crippen molar-refractivity contribution >= 4 is 22.3 Å². The molecule has 4 N–H and O–H groups in total. The van der Waals surface area contributed by atoms with Gasteiger partial charge >= 0.3 is 22.3 Å². The minimum atomic E-state index is -4.67. The van der Waals surface area contributed by atoms with Crippen LogP contribution in [-0.4, -0.2) is 39.7 Å². The van der Waals surface area contributed by atoms with Crippen LogP contribution in [0.1, 0.15) is 0 Å². The number of carbonyl (C=O) groups is 2. The summed E-state index contributed by atoms with van der Waals surface area (Å²) in [6.07, 6.45) is 1.12. The van der Waals surface area contributed by atoms with Gasteiger partial charge in [0.1, 0.15) is 0 Å². The van der Waals surface area contributed by atoms with Crippen molar-refractivity contribution in [3.63, 3.8) is 0 Å². The van der Waals surface area contributed by atoms with Gasteiger partial charge in [-0.15, -0.1) is 0 Å². The zero-order chi connectivity index (χ0) is 11.1. The molecule has 84 valence electrons. The van der Waals surface area contributed by atoms with Crippen molar-refractivity contribution in [3.05, 3.63) is 12.2 Å². The summed E-state index contributed by atoms with van der Waals surface area (Å²) in [5, 5.41) is 15.6. The fraction of sp³-hybridized carbons (Fsp3) is 0. The van der Waals surface area contributed by atoms with Gasteiger partial charge in [-0.2, -0.15) is 8.42 Å². The quantitative estimate of drug-likeness (QED) is 0.285. The van der Waals surface area contributed by atoms with Gasteiger partial charge in [0.2, 0.25) is 0 Å². The maximum Gasteiger partial charge on any atom is 0.394 e. The average molecular weight is 270 g/mol. The van der Waals surface area contributed by atoms with E-state index in [4.69, 9.17) is 27.7 Å². The summed E-state index contributed by atoms with van der Waals surface area (Å²) in [6, 6.07) is 0. The van der Waals surface area contributed by atoms with Crippen LogP contribution in [0.5, 0.6) is 0 Å². The van der Waals surface area contributed by atoms with Crippen LogP contribution in [0.3, 0.4) is 0 Å². The second-order valence-electron chi connectivity index (χ2n) is 1.46. The zero-order valence-electron chi connectivity index (χ0n) is 6.34. The summed E-state index contributed by atoms with van der Waals surface area (Å²) in [7, 11) is -4.67. The van der Waals surface area contributed by atoms with Gasteiger partial charge < -0.3 is 10.2 Å². The summed E-state index contributed by atoms with van der Waals surface area (Å²) in [5.74, 6) is -2.51. The van der Waals surface area contributed by atoms with E-state index in [0.29, 0.717) is 12.2 Å². The third kappa shape index (κ3) is 67.8. The van der Waals surface area contributed by atoms with Gasteiger partial charge in [0, 0.05) is 29.2 Å². The van der Waals surface area contributed by atoms with Crippen molar-refractivity contribution in [2.75, 3.05) is 0 Å². The first-order chi connectivity index (χ1) is 5.63. The van der Waals surface area contributed by atoms with Crippen LogP contribution in [0, 0.1) is 0 Å². The van der Waals surface area contributed by atoms with E-state index in [9.17, 15) is 9.59 Å². The molecule has 0 aromatic heterocycles. The van der Waals surface area contributed by atoms with Gasteiger partial charge in [0.15, 0.2) is 0 Å². The SMILES string of the molecule is O=C(O)/C=C/C(=O)O.O=S(=O)(O)O.[Fe]. The third-order valence-corrected chi connectivity index (χ3v) is 0.368. The topological polar surface area (TPSA) is 149 Å². The molecule has 0 rings (SSSR count). The fourth-order valence-corrected chi connectivity index (χ4v) is 0.143. The Kier molecular flexibility index (Phi) is 11.6. The first-order valence-electron chi connectivity index (χ1n) is 2.46. The summed E-state index contributed by atoms with van der Waals surface area (Å²) >= 11 is 0. The maximum atomic E-state index is 9.55. The van der Waals surface area contributed by atoms with Gasteiger partial charge in [0.25, 0.3) is 0 Å². The maximum absolute atomic E-state index is 9.55. The minimum absolute atomic E-state index is 0. The Hall–Kier alpha value is -0.931. The molecule has 0 aliphatic carbocycles. The Morgan fingerprint density at radius 1 is 0.929 bits per heavy atom.